The zero-order valence-electron chi connectivity index (χ0n) is 22.4. The SMILES string of the molecule is C=CCOc1ccc(C2=NN3C(C2)c2ccccc2OC3c2ccc(OCCCCCCCC)cc2)cc1. The number of ether oxygens (including phenoxy) is 3. The van der Waals surface area contributed by atoms with Gasteiger partial charge in [0.15, 0.2) is 0 Å². The van der Waals surface area contributed by atoms with Crippen LogP contribution in [0.15, 0.2) is 90.6 Å². The third-order valence-electron chi connectivity index (χ3n) is 7.19. The molecule has 2 heterocycles. The highest BCUT2D eigenvalue weighted by atomic mass is 16.5. The molecule has 2 aliphatic heterocycles. The Hall–Kier alpha value is -3.73. The molecular weight excluding hydrogens is 472 g/mol. The number of para-hydroxylation sites is 1. The van der Waals surface area contributed by atoms with Crippen molar-refractivity contribution in [2.24, 2.45) is 5.10 Å². The molecule has 2 atom stereocenters. The zero-order valence-corrected chi connectivity index (χ0v) is 22.4. The van der Waals surface area contributed by atoms with Crippen molar-refractivity contribution in [2.75, 3.05) is 13.2 Å². The quantitative estimate of drug-likeness (QED) is 0.172. The fraction of sp³-hybridized carbons (Fsp3) is 0.364. The van der Waals surface area contributed by atoms with Crippen molar-refractivity contribution >= 4 is 5.71 Å². The number of hydrogen-bond acceptors (Lipinski definition) is 5. The average Bonchev–Trinajstić information content (AvgIpc) is 3.42. The fourth-order valence-electron chi connectivity index (χ4n) is 5.13. The van der Waals surface area contributed by atoms with Gasteiger partial charge in [-0.1, -0.05) is 69.9 Å². The molecule has 2 aliphatic rings. The molecule has 5 rings (SSSR count). The van der Waals surface area contributed by atoms with Crippen molar-refractivity contribution in [1.82, 2.24) is 5.01 Å². The Morgan fingerprint density at radius 3 is 2.39 bits per heavy atom. The Balaban J connectivity index is 1.29. The molecule has 0 radical (unpaired) electrons. The normalized spacial score (nSPS) is 17.7. The second kappa shape index (κ2) is 12.7. The molecule has 38 heavy (non-hydrogen) atoms. The van der Waals surface area contributed by atoms with Crippen LogP contribution >= 0.6 is 0 Å². The monoisotopic (exact) mass is 510 g/mol. The Kier molecular flexibility index (Phi) is 8.64. The van der Waals surface area contributed by atoms with Gasteiger partial charge in [-0.05, 0) is 66.6 Å². The van der Waals surface area contributed by atoms with E-state index < -0.39 is 0 Å². The van der Waals surface area contributed by atoms with Gasteiger partial charge in [-0.2, -0.15) is 5.10 Å². The molecule has 0 aliphatic carbocycles. The number of hydrogen-bond donors (Lipinski definition) is 0. The molecule has 0 fully saturated rings. The number of nitrogens with zero attached hydrogens (tertiary/aromatic N) is 2. The van der Waals surface area contributed by atoms with Gasteiger partial charge in [0, 0.05) is 17.5 Å². The summed E-state index contributed by atoms with van der Waals surface area (Å²) in [7, 11) is 0. The molecule has 0 saturated heterocycles. The van der Waals surface area contributed by atoms with Gasteiger partial charge in [-0.3, -0.25) is 0 Å². The predicted octanol–water partition coefficient (Wildman–Crippen LogP) is 8.23. The van der Waals surface area contributed by atoms with Crippen LogP contribution < -0.4 is 14.2 Å². The van der Waals surface area contributed by atoms with Gasteiger partial charge < -0.3 is 14.2 Å². The van der Waals surface area contributed by atoms with Crippen LogP contribution in [0.25, 0.3) is 0 Å². The molecule has 2 unspecified atom stereocenters. The summed E-state index contributed by atoms with van der Waals surface area (Å²) in [6.07, 6.45) is 9.84. The molecule has 0 spiro atoms. The lowest BCUT2D eigenvalue weighted by atomic mass is 9.96. The first kappa shape index (κ1) is 25.9. The molecule has 0 aromatic heterocycles. The lowest BCUT2D eigenvalue weighted by molar-refractivity contribution is -0.0190. The predicted molar refractivity (Wildman–Crippen MR) is 153 cm³/mol. The second-order valence-corrected chi connectivity index (χ2v) is 9.96. The summed E-state index contributed by atoms with van der Waals surface area (Å²) in [6, 6.07) is 24.9. The lowest BCUT2D eigenvalue weighted by Crippen LogP contribution is -2.33. The number of benzene rings is 3. The minimum Gasteiger partial charge on any atom is -0.494 e. The van der Waals surface area contributed by atoms with Crippen molar-refractivity contribution in [2.45, 2.75) is 64.1 Å². The van der Waals surface area contributed by atoms with Crippen molar-refractivity contribution in [1.29, 1.82) is 0 Å². The smallest absolute Gasteiger partial charge is 0.213 e. The third kappa shape index (κ3) is 6.04. The fourth-order valence-corrected chi connectivity index (χ4v) is 5.13. The van der Waals surface area contributed by atoms with Crippen LogP contribution in [0.2, 0.25) is 0 Å². The van der Waals surface area contributed by atoms with Crippen molar-refractivity contribution in [3.63, 3.8) is 0 Å². The van der Waals surface area contributed by atoms with E-state index in [1.807, 2.05) is 30.3 Å². The molecule has 5 nitrogen and oxygen atoms in total. The second-order valence-electron chi connectivity index (χ2n) is 9.96. The van der Waals surface area contributed by atoms with Crippen LogP contribution in [0.3, 0.4) is 0 Å². The Morgan fingerprint density at radius 2 is 1.61 bits per heavy atom. The standard InChI is InChI=1S/C33H38N2O3/c1-3-5-6-7-8-11-23-37-28-20-16-26(17-21-28)33-35-31(29-12-9-10-13-32(29)38-33)24-30(34-35)25-14-18-27(19-15-25)36-22-4-2/h4,9-10,12-21,31,33H,2-3,5-8,11,22-24H2,1H3. The number of rotatable bonds is 13. The Bertz CT molecular complexity index is 1220. The molecular formula is C33H38N2O3. The molecule has 0 amide bonds. The zero-order chi connectivity index (χ0) is 26.2. The highest BCUT2D eigenvalue weighted by molar-refractivity contribution is 6.02. The van der Waals surface area contributed by atoms with Crippen LogP contribution in [0.1, 0.15) is 80.8 Å². The minimum atomic E-state index is -0.296. The maximum Gasteiger partial charge on any atom is 0.213 e. The minimum absolute atomic E-state index is 0.125. The largest absolute Gasteiger partial charge is 0.494 e. The van der Waals surface area contributed by atoms with Crippen LogP contribution in [0, 0.1) is 0 Å². The summed E-state index contributed by atoms with van der Waals surface area (Å²) in [5.74, 6) is 2.65. The van der Waals surface area contributed by atoms with E-state index in [9.17, 15) is 0 Å². The molecule has 0 bridgehead atoms. The van der Waals surface area contributed by atoms with E-state index >= 15 is 0 Å². The molecule has 0 saturated carbocycles. The maximum atomic E-state index is 6.51. The van der Waals surface area contributed by atoms with Crippen molar-refractivity contribution in [3.05, 3.63) is 102 Å². The van der Waals surface area contributed by atoms with E-state index in [4.69, 9.17) is 19.3 Å². The molecule has 5 heteroatoms. The van der Waals surface area contributed by atoms with Gasteiger partial charge in [0.05, 0.1) is 18.4 Å². The van der Waals surface area contributed by atoms with Crippen LogP contribution in [0.4, 0.5) is 0 Å². The first-order chi connectivity index (χ1) is 18.8. The van der Waals surface area contributed by atoms with Crippen molar-refractivity contribution in [3.8, 4) is 17.2 Å². The number of hydrazone groups is 1. The van der Waals surface area contributed by atoms with Crippen LogP contribution in [-0.4, -0.2) is 23.9 Å². The summed E-state index contributed by atoms with van der Waals surface area (Å²) >= 11 is 0. The Morgan fingerprint density at radius 1 is 0.895 bits per heavy atom. The first-order valence-corrected chi connectivity index (χ1v) is 13.9. The summed E-state index contributed by atoms with van der Waals surface area (Å²) in [6.45, 7) is 7.22. The van der Waals surface area contributed by atoms with E-state index in [0.29, 0.717) is 6.61 Å². The van der Waals surface area contributed by atoms with E-state index in [1.54, 1.807) is 6.08 Å². The van der Waals surface area contributed by atoms with E-state index in [1.165, 1.54) is 37.7 Å². The average molecular weight is 511 g/mol. The number of unbranched alkanes of at least 4 members (excludes halogenated alkanes) is 5. The molecule has 0 N–H and O–H groups in total. The van der Waals surface area contributed by atoms with Crippen LogP contribution in [0.5, 0.6) is 17.2 Å². The summed E-state index contributed by atoms with van der Waals surface area (Å²) in [5, 5.41) is 7.20. The van der Waals surface area contributed by atoms with Gasteiger partial charge in [0.2, 0.25) is 6.23 Å². The van der Waals surface area contributed by atoms with Gasteiger partial charge in [0.1, 0.15) is 23.9 Å². The summed E-state index contributed by atoms with van der Waals surface area (Å²) in [5.41, 5.74) is 4.39. The van der Waals surface area contributed by atoms with E-state index in [2.05, 4.69) is 61.0 Å². The summed E-state index contributed by atoms with van der Waals surface area (Å²) < 4.78 is 18.2. The lowest BCUT2D eigenvalue weighted by Gasteiger charge is -2.38. The maximum absolute atomic E-state index is 6.51. The Labute approximate surface area is 226 Å². The van der Waals surface area contributed by atoms with E-state index in [0.717, 1.165) is 53.5 Å². The van der Waals surface area contributed by atoms with Gasteiger partial charge >= 0.3 is 0 Å². The van der Waals surface area contributed by atoms with E-state index in [-0.39, 0.29) is 12.3 Å². The summed E-state index contributed by atoms with van der Waals surface area (Å²) in [4.78, 5) is 0. The van der Waals surface area contributed by atoms with Crippen molar-refractivity contribution < 1.29 is 14.2 Å². The van der Waals surface area contributed by atoms with Gasteiger partial charge in [-0.15, -0.1) is 0 Å². The first-order valence-electron chi connectivity index (χ1n) is 13.9. The highest BCUT2D eigenvalue weighted by Crippen LogP contribution is 2.47. The topological polar surface area (TPSA) is 43.3 Å². The third-order valence-corrected chi connectivity index (χ3v) is 7.19. The van der Waals surface area contributed by atoms with Gasteiger partial charge in [-0.25, -0.2) is 5.01 Å². The highest BCUT2D eigenvalue weighted by Gasteiger charge is 2.40. The molecule has 3 aromatic carbocycles. The molecule has 3 aromatic rings. The van der Waals surface area contributed by atoms with Gasteiger partial charge in [0.25, 0.3) is 0 Å². The number of fused-ring (bicyclic) bond motifs is 3. The van der Waals surface area contributed by atoms with Crippen LogP contribution in [-0.2, 0) is 0 Å². The molecule has 198 valence electrons.